The summed E-state index contributed by atoms with van der Waals surface area (Å²) in [5, 5.41) is 18.6. The molecule has 0 aliphatic carbocycles. The van der Waals surface area contributed by atoms with Crippen molar-refractivity contribution in [2.45, 2.75) is 82.6 Å². The fourth-order valence-corrected chi connectivity index (χ4v) is 8.95. The molecule has 0 spiro atoms. The molecule has 1 heterocycles. The molecule has 1 saturated heterocycles. The molecule has 0 amide bonds. The van der Waals surface area contributed by atoms with Crippen LogP contribution >= 0.6 is 0 Å². The summed E-state index contributed by atoms with van der Waals surface area (Å²) in [6, 6.07) is 0. The maximum Gasteiger partial charge on any atom is 0.324 e. The van der Waals surface area contributed by atoms with Crippen molar-refractivity contribution in [3.8, 4) is 0 Å². The smallest absolute Gasteiger partial charge is 0.324 e. The molecule has 1 aliphatic rings. The number of aliphatic hydroxyl groups excluding tert-OH is 2. The zero-order chi connectivity index (χ0) is 16.6. The van der Waals surface area contributed by atoms with E-state index in [1.165, 1.54) is 0 Å². The van der Waals surface area contributed by atoms with E-state index in [2.05, 4.69) is 0 Å². The highest BCUT2D eigenvalue weighted by atomic mass is 28.4. The number of rotatable bonds is 6. The maximum absolute atomic E-state index is 14.2. The molecule has 126 valence electrons. The highest BCUT2D eigenvalue weighted by molar-refractivity contribution is 6.77. The Bertz CT molecular complexity index is 328. The summed E-state index contributed by atoms with van der Waals surface area (Å²) >= 11 is 0. The lowest BCUT2D eigenvalue weighted by Gasteiger charge is -2.44. The number of alkyl halides is 2. The Labute approximate surface area is 126 Å². The van der Waals surface area contributed by atoms with Crippen LogP contribution in [0.1, 0.15) is 41.5 Å². The standard InChI is InChI=1S/C14H28F2O4Si/c1-8(2)21(9(3)4,10(5)6)20-13-14(15,16)12(18)11(7-17)19-13/h8-13,17-18H,7H2,1-6H3/t11-,12-,13?/m1/s1. The van der Waals surface area contributed by atoms with Crippen molar-refractivity contribution in [2.75, 3.05) is 6.61 Å². The minimum absolute atomic E-state index is 0.127. The summed E-state index contributed by atoms with van der Waals surface area (Å²) < 4.78 is 39.3. The van der Waals surface area contributed by atoms with Crippen LogP contribution in [0.4, 0.5) is 8.78 Å². The third-order valence-electron chi connectivity index (χ3n) is 4.56. The molecule has 4 nitrogen and oxygen atoms in total. The number of halogens is 2. The van der Waals surface area contributed by atoms with E-state index in [9.17, 15) is 13.9 Å². The van der Waals surface area contributed by atoms with Crippen molar-refractivity contribution in [3.05, 3.63) is 0 Å². The van der Waals surface area contributed by atoms with Crippen LogP contribution in [0.2, 0.25) is 16.6 Å². The van der Waals surface area contributed by atoms with Crippen LogP contribution in [-0.4, -0.2) is 49.6 Å². The van der Waals surface area contributed by atoms with E-state index in [1.807, 2.05) is 41.5 Å². The molecule has 1 aliphatic heterocycles. The van der Waals surface area contributed by atoms with E-state index in [0.717, 1.165) is 0 Å². The van der Waals surface area contributed by atoms with Gasteiger partial charge in [-0.3, -0.25) is 0 Å². The number of hydrogen-bond acceptors (Lipinski definition) is 4. The van der Waals surface area contributed by atoms with Crippen molar-refractivity contribution in [3.63, 3.8) is 0 Å². The molecule has 0 radical (unpaired) electrons. The van der Waals surface area contributed by atoms with E-state index in [4.69, 9.17) is 14.3 Å². The molecule has 0 aromatic carbocycles. The van der Waals surface area contributed by atoms with Gasteiger partial charge in [-0.1, -0.05) is 41.5 Å². The normalized spacial score (nSPS) is 29.9. The van der Waals surface area contributed by atoms with Crippen LogP contribution in [0, 0.1) is 0 Å². The highest BCUT2D eigenvalue weighted by Gasteiger charge is 2.62. The summed E-state index contributed by atoms with van der Waals surface area (Å²) in [5.74, 6) is -3.51. The van der Waals surface area contributed by atoms with Crippen molar-refractivity contribution >= 4 is 8.32 Å². The third kappa shape index (κ3) is 3.17. The maximum atomic E-state index is 14.2. The summed E-state index contributed by atoms with van der Waals surface area (Å²) in [6.45, 7) is 11.3. The molecular formula is C14H28F2O4Si. The minimum Gasteiger partial charge on any atom is -0.394 e. The van der Waals surface area contributed by atoms with Gasteiger partial charge in [-0.05, 0) is 16.6 Å². The molecule has 21 heavy (non-hydrogen) atoms. The van der Waals surface area contributed by atoms with Crippen LogP contribution in [0.15, 0.2) is 0 Å². The van der Waals surface area contributed by atoms with Gasteiger partial charge in [0.05, 0.1) is 6.61 Å². The van der Waals surface area contributed by atoms with Crippen molar-refractivity contribution in [2.24, 2.45) is 0 Å². The molecule has 0 aromatic rings. The topological polar surface area (TPSA) is 58.9 Å². The van der Waals surface area contributed by atoms with Crippen LogP contribution < -0.4 is 0 Å². The molecule has 1 rings (SSSR count). The van der Waals surface area contributed by atoms with Crippen LogP contribution in [0.3, 0.4) is 0 Å². The molecule has 1 unspecified atom stereocenters. The van der Waals surface area contributed by atoms with E-state index in [1.54, 1.807) is 0 Å². The average Bonchev–Trinajstić information content (AvgIpc) is 2.57. The van der Waals surface area contributed by atoms with Gasteiger partial charge in [0.1, 0.15) is 6.10 Å². The molecule has 2 N–H and O–H groups in total. The first kappa shape index (κ1) is 19.0. The van der Waals surface area contributed by atoms with Crippen LogP contribution in [-0.2, 0) is 9.16 Å². The van der Waals surface area contributed by atoms with Gasteiger partial charge in [0.15, 0.2) is 6.10 Å². The molecular weight excluding hydrogens is 298 g/mol. The van der Waals surface area contributed by atoms with Gasteiger partial charge in [0, 0.05) is 0 Å². The summed E-state index contributed by atoms with van der Waals surface area (Å²) in [4.78, 5) is 0. The Morgan fingerprint density at radius 3 is 1.81 bits per heavy atom. The third-order valence-corrected chi connectivity index (χ3v) is 10.6. The first-order valence-electron chi connectivity index (χ1n) is 7.51. The second-order valence-corrected chi connectivity index (χ2v) is 12.2. The van der Waals surface area contributed by atoms with Gasteiger partial charge in [0.2, 0.25) is 14.6 Å². The largest absolute Gasteiger partial charge is 0.394 e. The predicted molar refractivity (Wildman–Crippen MR) is 78.8 cm³/mol. The Morgan fingerprint density at radius 1 is 1.10 bits per heavy atom. The minimum atomic E-state index is -3.51. The molecule has 0 saturated carbocycles. The zero-order valence-electron chi connectivity index (χ0n) is 13.6. The van der Waals surface area contributed by atoms with Gasteiger partial charge < -0.3 is 19.4 Å². The van der Waals surface area contributed by atoms with E-state index >= 15 is 0 Å². The SMILES string of the molecule is CC(C)[Si](OC1O[C@H](CO)[C@@H](O)C1(F)F)(C(C)C)C(C)C. The van der Waals surface area contributed by atoms with E-state index < -0.39 is 39.3 Å². The van der Waals surface area contributed by atoms with Crippen LogP contribution in [0.25, 0.3) is 0 Å². The lowest BCUT2D eigenvalue weighted by atomic mass is 10.1. The lowest BCUT2D eigenvalue weighted by molar-refractivity contribution is -0.191. The number of ether oxygens (including phenoxy) is 1. The Morgan fingerprint density at radius 2 is 1.52 bits per heavy atom. The Balaban J connectivity index is 3.10. The fraction of sp³-hybridized carbons (Fsp3) is 1.00. The first-order chi connectivity index (χ1) is 9.51. The van der Waals surface area contributed by atoms with Gasteiger partial charge in [-0.2, -0.15) is 8.78 Å². The average molecular weight is 326 g/mol. The monoisotopic (exact) mass is 326 g/mol. The zero-order valence-corrected chi connectivity index (χ0v) is 14.6. The quantitative estimate of drug-likeness (QED) is 0.737. The lowest BCUT2D eigenvalue weighted by Crippen LogP contribution is -2.54. The van der Waals surface area contributed by atoms with Crippen molar-refractivity contribution in [1.29, 1.82) is 0 Å². The molecule has 3 atom stereocenters. The second-order valence-electron chi connectivity index (χ2n) is 6.74. The Hall–Kier alpha value is -0.0831. The molecule has 7 heteroatoms. The first-order valence-corrected chi connectivity index (χ1v) is 9.65. The summed E-state index contributed by atoms with van der Waals surface area (Å²) in [5.41, 5.74) is 0.381. The summed E-state index contributed by atoms with van der Waals surface area (Å²) in [7, 11) is -2.55. The van der Waals surface area contributed by atoms with Crippen molar-refractivity contribution in [1.82, 2.24) is 0 Å². The second kappa shape index (κ2) is 6.58. The predicted octanol–water partition coefficient (Wildman–Crippen LogP) is 2.89. The fourth-order valence-electron chi connectivity index (χ4n) is 3.55. The number of hydrogen-bond donors (Lipinski definition) is 2. The van der Waals surface area contributed by atoms with Crippen LogP contribution in [0.5, 0.6) is 0 Å². The van der Waals surface area contributed by atoms with E-state index in [-0.39, 0.29) is 16.6 Å². The Kier molecular flexibility index (Phi) is 5.94. The van der Waals surface area contributed by atoms with Crippen molar-refractivity contribution < 1.29 is 28.2 Å². The molecule has 0 aromatic heterocycles. The van der Waals surface area contributed by atoms with Gasteiger partial charge in [0.25, 0.3) is 0 Å². The van der Waals surface area contributed by atoms with E-state index in [0.29, 0.717) is 0 Å². The van der Waals surface area contributed by atoms with Gasteiger partial charge in [-0.15, -0.1) is 0 Å². The highest BCUT2D eigenvalue weighted by Crippen LogP contribution is 2.47. The molecule has 0 bridgehead atoms. The number of aliphatic hydroxyl groups is 2. The van der Waals surface area contributed by atoms with Gasteiger partial charge in [-0.25, -0.2) is 0 Å². The molecule has 1 fully saturated rings. The summed E-state index contributed by atoms with van der Waals surface area (Å²) in [6.07, 6.45) is -5.13. The van der Waals surface area contributed by atoms with Gasteiger partial charge >= 0.3 is 5.92 Å².